The zero-order valence-electron chi connectivity index (χ0n) is 13.6. The predicted molar refractivity (Wildman–Crippen MR) is 93.3 cm³/mol. The van der Waals surface area contributed by atoms with E-state index in [1.54, 1.807) is 24.3 Å². The molecule has 2 aromatic carbocycles. The minimum absolute atomic E-state index is 0.110. The smallest absolute Gasteiger partial charge is 0.262 e. The van der Waals surface area contributed by atoms with Gasteiger partial charge in [0, 0.05) is 5.69 Å². The van der Waals surface area contributed by atoms with Crippen molar-refractivity contribution in [2.24, 2.45) is 5.14 Å². The number of primary sulfonamides is 1. The van der Waals surface area contributed by atoms with Crippen LogP contribution in [0.5, 0.6) is 5.75 Å². The zero-order valence-corrected chi connectivity index (χ0v) is 14.4. The number of rotatable bonds is 6. The van der Waals surface area contributed by atoms with E-state index in [1.165, 1.54) is 0 Å². The van der Waals surface area contributed by atoms with E-state index >= 15 is 0 Å². The molecule has 1 amide bonds. The first-order valence-electron chi connectivity index (χ1n) is 7.32. The largest absolute Gasteiger partial charge is 0.484 e. The van der Waals surface area contributed by atoms with Gasteiger partial charge in [0.1, 0.15) is 5.75 Å². The van der Waals surface area contributed by atoms with Crippen molar-refractivity contribution in [2.45, 2.75) is 19.6 Å². The molecule has 0 heterocycles. The van der Waals surface area contributed by atoms with Crippen LogP contribution in [0.25, 0.3) is 0 Å². The highest BCUT2D eigenvalue weighted by Gasteiger charge is 2.07. The third-order valence-corrected chi connectivity index (χ3v) is 4.19. The van der Waals surface area contributed by atoms with Crippen molar-refractivity contribution in [3.8, 4) is 5.75 Å². The van der Waals surface area contributed by atoms with Crippen LogP contribution < -0.4 is 15.2 Å². The van der Waals surface area contributed by atoms with Crippen molar-refractivity contribution in [2.75, 3.05) is 11.9 Å². The quantitative estimate of drug-likeness (QED) is 0.835. The second-order valence-corrected chi connectivity index (χ2v) is 7.20. The molecule has 128 valence electrons. The standard InChI is InChI=1S/C17H20N2O4S/c1-12-3-8-16(9-13(12)2)23-10-17(20)19-15-6-4-14(5-7-15)11-24(18,21)22/h3-9H,10-11H2,1-2H3,(H,19,20)(H2,18,21,22). The van der Waals surface area contributed by atoms with Crippen LogP contribution in [0.3, 0.4) is 0 Å². The average Bonchev–Trinajstić information content (AvgIpc) is 2.49. The second kappa shape index (κ2) is 7.46. The lowest BCUT2D eigenvalue weighted by Crippen LogP contribution is -2.20. The lowest BCUT2D eigenvalue weighted by Gasteiger charge is -2.09. The third kappa shape index (κ3) is 5.68. The van der Waals surface area contributed by atoms with Crippen LogP contribution in [-0.2, 0) is 20.6 Å². The number of amides is 1. The van der Waals surface area contributed by atoms with Crippen LogP contribution >= 0.6 is 0 Å². The Kier molecular flexibility index (Phi) is 5.58. The van der Waals surface area contributed by atoms with Gasteiger partial charge in [-0.25, -0.2) is 13.6 Å². The van der Waals surface area contributed by atoms with Crippen molar-refractivity contribution in [3.63, 3.8) is 0 Å². The maximum Gasteiger partial charge on any atom is 0.262 e. The predicted octanol–water partition coefficient (Wildman–Crippen LogP) is 2.11. The molecular formula is C17H20N2O4S. The molecule has 0 saturated carbocycles. The first-order valence-corrected chi connectivity index (χ1v) is 9.04. The Morgan fingerprint density at radius 3 is 2.33 bits per heavy atom. The highest BCUT2D eigenvalue weighted by Crippen LogP contribution is 2.16. The molecule has 0 aromatic heterocycles. The van der Waals surface area contributed by atoms with Gasteiger partial charge in [-0.3, -0.25) is 4.79 Å². The third-order valence-electron chi connectivity index (χ3n) is 3.45. The molecule has 0 bridgehead atoms. The van der Waals surface area contributed by atoms with Crippen LogP contribution in [0.15, 0.2) is 42.5 Å². The molecule has 24 heavy (non-hydrogen) atoms. The molecule has 6 nitrogen and oxygen atoms in total. The minimum Gasteiger partial charge on any atom is -0.484 e. The summed E-state index contributed by atoms with van der Waals surface area (Å²) in [7, 11) is -3.57. The van der Waals surface area contributed by atoms with Crippen molar-refractivity contribution in [3.05, 3.63) is 59.2 Å². The summed E-state index contributed by atoms with van der Waals surface area (Å²) in [5.41, 5.74) is 3.37. The van der Waals surface area contributed by atoms with Crippen LogP contribution in [0, 0.1) is 13.8 Å². The van der Waals surface area contributed by atoms with E-state index in [9.17, 15) is 13.2 Å². The summed E-state index contributed by atoms with van der Waals surface area (Å²) in [6.45, 7) is 3.87. The van der Waals surface area contributed by atoms with Crippen LogP contribution in [0.1, 0.15) is 16.7 Å². The van der Waals surface area contributed by atoms with E-state index < -0.39 is 10.0 Å². The van der Waals surface area contributed by atoms with Gasteiger partial charge in [-0.05, 0) is 54.8 Å². The van der Waals surface area contributed by atoms with Crippen molar-refractivity contribution < 1.29 is 17.9 Å². The number of carbonyl (C=O) groups excluding carboxylic acids is 1. The molecule has 0 aliphatic heterocycles. The summed E-state index contributed by atoms with van der Waals surface area (Å²) >= 11 is 0. The lowest BCUT2D eigenvalue weighted by molar-refractivity contribution is -0.118. The molecule has 0 radical (unpaired) electrons. The van der Waals surface area contributed by atoms with Gasteiger partial charge in [0.15, 0.2) is 6.61 Å². The van der Waals surface area contributed by atoms with Crippen molar-refractivity contribution in [1.29, 1.82) is 0 Å². The van der Waals surface area contributed by atoms with Crippen molar-refractivity contribution >= 4 is 21.6 Å². The molecule has 0 fully saturated rings. The Balaban J connectivity index is 1.89. The van der Waals surface area contributed by atoms with Gasteiger partial charge in [0.25, 0.3) is 5.91 Å². The number of anilines is 1. The van der Waals surface area contributed by atoms with Gasteiger partial charge in [-0.1, -0.05) is 18.2 Å². The fraction of sp³-hybridized carbons (Fsp3) is 0.235. The molecule has 0 aliphatic rings. The number of hydrogen-bond acceptors (Lipinski definition) is 4. The number of hydrogen-bond donors (Lipinski definition) is 2. The Hall–Kier alpha value is -2.38. The maximum absolute atomic E-state index is 11.9. The molecule has 3 N–H and O–H groups in total. The van der Waals surface area contributed by atoms with Crippen molar-refractivity contribution in [1.82, 2.24) is 0 Å². The molecule has 0 aliphatic carbocycles. The van der Waals surface area contributed by atoms with Gasteiger partial charge in [-0.2, -0.15) is 0 Å². The summed E-state index contributed by atoms with van der Waals surface area (Å²) in [5.74, 6) is 0.0982. The fourth-order valence-electron chi connectivity index (χ4n) is 2.07. The summed E-state index contributed by atoms with van der Waals surface area (Å²) in [6, 6.07) is 12.1. The molecule has 2 aromatic rings. The zero-order chi connectivity index (χ0) is 17.7. The van der Waals surface area contributed by atoms with Gasteiger partial charge < -0.3 is 10.1 Å². The number of benzene rings is 2. The SMILES string of the molecule is Cc1ccc(OCC(=O)Nc2ccc(CS(N)(=O)=O)cc2)cc1C. The first-order chi connectivity index (χ1) is 11.2. The molecule has 0 atom stereocenters. The number of nitrogens with two attached hydrogens (primary N) is 1. The number of carbonyl (C=O) groups is 1. The summed E-state index contributed by atoms with van der Waals surface area (Å²) in [6.07, 6.45) is 0. The highest BCUT2D eigenvalue weighted by atomic mass is 32.2. The monoisotopic (exact) mass is 348 g/mol. The maximum atomic E-state index is 11.9. The first kappa shape index (κ1) is 18.0. The van der Waals surface area contributed by atoms with Gasteiger partial charge >= 0.3 is 0 Å². The van der Waals surface area contributed by atoms with Crippen LogP contribution in [0.2, 0.25) is 0 Å². The van der Waals surface area contributed by atoms with E-state index in [0.29, 0.717) is 17.0 Å². The molecular weight excluding hydrogens is 328 g/mol. The molecule has 0 spiro atoms. The van der Waals surface area contributed by atoms with E-state index in [1.807, 2.05) is 32.0 Å². The molecule has 2 rings (SSSR count). The Morgan fingerprint density at radius 2 is 1.75 bits per heavy atom. The lowest BCUT2D eigenvalue weighted by atomic mass is 10.1. The van der Waals surface area contributed by atoms with Crippen LogP contribution in [-0.4, -0.2) is 20.9 Å². The second-order valence-electron chi connectivity index (χ2n) is 5.59. The Bertz CT molecular complexity index is 830. The van der Waals surface area contributed by atoms with Gasteiger partial charge in [0.05, 0.1) is 5.75 Å². The molecule has 0 unspecified atom stereocenters. The van der Waals surface area contributed by atoms with Crippen LogP contribution in [0.4, 0.5) is 5.69 Å². The normalized spacial score (nSPS) is 11.1. The Morgan fingerprint density at radius 1 is 1.08 bits per heavy atom. The molecule has 0 saturated heterocycles. The minimum atomic E-state index is -3.57. The van der Waals surface area contributed by atoms with E-state index in [4.69, 9.17) is 9.88 Å². The number of sulfonamides is 1. The fourth-order valence-corrected chi connectivity index (χ4v) is 2.72. The summed E-state index contributed by atoms with van der Waals surface area (Å²) < 4.78 is 27.5. The highest BCUT2D eigenvalue weighted by molar-refractivity contribution is 7.88. The molecule has 7 heteroatoms. The van der Waals surface area contributed by atoms with E-state index in [2.05, 4.69) is 5.32 Å². The number of aryl methyl sites for hydroxylation is 2. The summed E-state index contributed by atoms with van der Waals surface area (Å²) in [5, 5.41) is 7.67. The van der Waals surface area contributed by atoms with E-state index in [0.717, 1.165) is 11.1 Å². The van der Waals surface area contributed by atoms with E-state index in [-0.39, 0.29) is 18.3 Å². The number of nitrogens with one attached hydrogen (secondary N) is 1. The Labute approximate surface area is 141 Å². The topological polar surface area (TPSA) is 98.5 Å². The average molecular weight is 348 g/mol. The summed E-state index contributed by atoms with van der Waals surface area (Å²) in [4.78, 5) is 11.9. The van der Waals surface area contributed by atoms with Gasteiger partial charge in [0.2, 0.25) is 10.0 Å². The van der Waals surface area contributed by atoms with Gasteiger partial charge in [-0.15, -0.1) is 0 Å². The number of ether oxygens (including phenoxy) is 1.